The lowest BCUT2D eigenvalue weighted by Gasteiger charge is -2.07. The number of nitrogens with one attached hydrogen (secondary N) is 1. The summed E-state index contributed by atoms with van der Waals surface area (Å²) in [4.78, 5) is 19.2. The van der Waals surface area contributed by atoms with Gasteiger partial charge in [-0.05, 0) is 30.3 Å². The van der Waals surface area contributed by atoms with E-state index in [2.05, 4.69) is 25.9 Å². The Balaban J connectivity index is 1.82. The maximum Gasteiger partial charge on any atom is 0.342 e. The third-order valence-corrected chi connectivity index (χ3v) is 4.04. The van der Waals surface area contributed by atoms with Crippen LogP contribution in [0.4, 0.5) is 0 Å². The highest BCUT2D eigenvalue weighted by molar-refractivity contribution is 9.10. The summed E-state index contributed by atoms with van der Waals surface area (Å²) in [5.74, 6) is -1.36. The lowest BCUT2D eigenvalue weighted by atomic mass is 10.2. The Morgan fingerprint density at radius 3 is 2.81 bits per heavy atom. The molecule has 0 fully saturated rings. The Kier molecular flexibility index (Phi) is 4.91. The van der Waals surface area contributed by atoms with E-state index in [1.54, 1.807) is 24.3 Å². The third kappa shape index (κ3) is 3.53. The summed E-state index contributed by atoms with van der Waals surface area (Å²) >= 11 is 3.19. The van der Waals surface area contributed by atoms with Crippen LogP contribution in [0.15, 0.2) is 52.7 Å². The number of esters is 1. The van der Waals surface area contributed by atoms with Crippen molar-refractivity contribution in [3.05, 3.63) is 64.1 Å². The zero-order valence-corrected chi connectivity index (χ0v) is 14.8. The van der Waals surface area contributed by atoms with E-state index in [4.69, 9.17) is 4.74 Å². The molecule has 1 heterocycles. The van der Waals surface area contributed by atoms with E-state index in [1.807, 2.05) is 12.1 Å². The van der Waals surface area contributed by atoms with Gasteiger partial charge in [0.05, 0.1) is 11.0 Å². The number of H-pyrrole nitrogens is 1. The number of aliphatic hydroxyl groups is 1. The Morgan fingerprint density at radius 2 is 2.08 bits per heavy atom. The van der Waals surface area contributed by atoms with E-state index in [0.29, 0.717) is 15.5 Å². The fourth-order valence-corrected chi connectivity index (χ4v) is 2.64. The average molecular weight is 414 g/mol. The third-order valence-electron chi connectivity index (χ3n) is 3.55. The number of aliphatic hydroxyl groups excluding tert-OH is 1. The van der Waals surface area contributed by atoms with Crippen LogP contribution in [0.3, 0.4) is 0 Å². The molecular formula is C18H12BrN3O4. The Morgan fingerprint density at radius 1 is 1.31 bits per heavy atom. The molecule has 0 aliphatic carbocycles. The first-order chi connectivity index (χ1) is 12.5. The molecule has 0 bridgehead atoms. The summed E-state index contributed by atoms with van der Waals surface area (Å²) in [7, 11) is 0. The molecule has 0 aliphatic rings. The van der Waals surface area contributed by atoms with Crippen molar-refractivity contribution in [2.24, 2.45) is 0 Å². The first-order valence-electron chi connectivity index (χ1n) is 7.42. The summed E-state index contributed by atoms with van der Waals surface area (Å²) < 4.78 is 5.57. The first kappa shape index (κ1) is 17.5. The van der Waals surface area contributed by atoms with Gasteiger partial charge in [-0.3, -0.25) is 0 Å². The summed E-state index contributed by atoms with van der Waals surface area (Å²) in [6.07, 6.45) is 0. The highest BCUT2D eigenvalue weighted by atomic mass is 79.9. The van der Waals surface area contributed by atoms with Crippen molar-refractivity contribution >= 4 is 38.5 Å². The van der Waals surface area contributed by atoms with Crippen LogP contribution in [0, 0.1) is 11.3 Å². The number of carbonyl (C=O) groups is 1. The minimum absolute atomic E-state index is 0.0607. The second kappa shape index (κ2) is 7.29. The van der Waals surface area contributed by atoms with Gasteiger partial charge in [0.25, 0.3) is 0 Å². The molecule has 0 saturated heterocycles. The normalized spacial score (nSPS) is 11.7. The molecule has 0 atom stereocenters. The molecular weight excluding hydrogens is 402 g/mol. The maximum atomic E-state index is 12.1. The molecule has 8 heteroatoms. The van der Waals surface area contributed by atoms with E-state index in [9.17, 15) is 20.3 Å². The highest BCUT2D eigenvalue weighted by Crippen LogP contribution is 2.23. The van der Waals surface area contributed by atoms with Crippen LogP contribution in [0.25, 0.3) is 16.6 Å². The fourth-order valence-electron chi connectivity index (χ4n) is 2.28. The van der Waals surface area contributed by atoms with Gasteiger partial charge < -0.3 is 19.9 Å². The van der Waals surface area contributed by atoms with Crippen molar-refractivity contribution in [1.82, 2.24) is 9.97 Å². The van der Waals surface area contributed by atoms with Gasteiger partial charge in [0.2, 0.25) is 0 Å². The summed E-state index contributed by atoms with van der Waals surface area (Å²) in [6, 6.07) is 13.3. The number of hydrogen-bond donors (Lipinski definition) is 3. The molecule has 0 unspecified atom stereocenters. The lowest BCUT2D eigenvalue weighted by Crippen LogP contribution is -2.09. The smallest absolute Gasteiger partial charge is 0.342 e. The van der Waals surface area contributed by atoms with Gasteiger partial charge in [0.15, 0.2) is 11.6 Å². The van der Waals surface area contributed by atoms with Gasteiger partial charge in [0.1, 0.15) is 29.6 Å². The number of imidazole rings is 1. The summed E-state index contributed by atoms with van der Waals surface area (Å²) in [6.45, 7) is -0.537. The Bertz CT molecular complexity index is 1030. The van der Waals surface area contributed by atoms with Gasteiger partial charge in [0, 0.05) is 4.47 Å². The van der Waals surface area contributed by atoms with Crippen LogP contribution in [0.5, 0.6) is 5.75 Å². The number of ether oxygens (including phenoxy) is 1. The molecule has 7 nitrogen and oxygen atoms in total. The molecule has 1 aromatic heterocycles. The van der Waals surface area contributed by atoms with Crippen LogP contribution in [0.2, 0.25) is 0 Å². The van der Waals surface area contributed by atoms with E-state index >= 15 is 0 Å². The first-order valence-corrected chi connectivity index (χ1v) is 8.22. The van der Waals surface area contributed by atoms with Crippen LogP contribution in [0.1, 0.15) is 16.2 Å². The predicted molar refractivity (Wildman–Crippen MR) is 97.3 cm³/mol. The molecule has 0 spiro atoms. The number of phenols is 1. The van der Waals surface area contributed by atoms with Gasteiger partial charge in [-0.2, -0.15) is 5.26 Å². The molecule has 26 heavy (non-hydrogen) atoms. The topological polar surface area (TPSA) is 119 Å². The number of nitrogens with zero attached hydrogens (tertiary/aromatic N) is 2. The molecule has 0 saturated carbocycles. The molecule has 3 aromatic rings. The highest BCUT2D eigenvalue weighted by Gasteiger charge is 2.17. The quantitative estimate of drug-likeness (QED) is 0.341. The number of para-hydroxylation sites is 2. The standard InChI is InChI=1S/C18H12BrN3O4/c19-10-5-6-15(23)11(7-10)18(25)26-9-16(24)12(8-20)17-21-13-3-1-2-4-14(13)22-17/h1-7,23-24H,9H2,(H,21,22). The maximum absolute atomic E-state index is 12.1. The molecule has 0 radical (unpaired) electrons. The van der Waals surface area contributed by atoms with Crippen molar-refractivity contribution in [2.45, 2.75) is 0 Å². The number of aromatic amines is 1. The van der Waals surface area contributed by atoms with E-state index in [0.717, 1.165) is 0 Å². The van der Waals surface area contributed by atoms with Crippen LogP contribution in [-0.2, 0) is 4.74 Å². The zero-order chi connectivity index (χ0) is 18.7. The molecule has 0 aliphatic heterocycles. The van der Waals surface area contributed by atoms with Crippen molar-refractivity contribution in [3.8, 4) is 11.8 Å². The second-order valence-corrected chi connectivity index (χ2v) is 6.19. The van der Waals surface area contributed by atoms with Gasteiger partial charge in [-0.25, -0.2) is 9.78 Å². The van der Waals surface area contributed by atoms with Crippen molar-refractivity contribution in [2.75, 3.05) is 6.61 Å². The molecule has 2 aromatic carbocycles. The number of carbonyl (C=O) groups excluding carboxylic acids is 1. The number of allylic oxidation sites excluding steroid dienone is 1. The van der Waals surface area contributed by atoms with Crippen LogP contribution >= 0.6 is 15.9 Å². The van der Waals surface area contributed by atoms with Crippen LogP contribution in [-0.4, -0.2) is 32.8 Å². The largest absolute Gasteiger partial charge is 0.507 e. The predicted octanol–water partition coefficient (Wildman–Crippen LogP) is 3.68. The number of halogens is 1. The van der Waals surface area contributed by atoms with E-state index in [-0.39, 0.29) is 22.7 Å². The summed E-state index contributed by atoms with van der Waals surface area (Å²) in [5.41, 5.74) is 1.15. The van der Waals surface area contributed by atoms with Gasteiger partial charge in [-0.1, -0.05) is 28.1 Å². The molecule has 3 rings (SSSR count). The SMILES string of the molecule is N#CC(=C(O)COC(=O)c1cc(Br)ccc1O)c1nc2ccccc2[nH]1. The van der Waals surface area contributed by atoms with Gasteiger partial charge >= 0.3 is 5.97 Å². The number of aromatic nitrogens is 2. The second-order valence-electron chi connectivity index (χ2n) is 5.27. The number of phenolic OH excluding ortho intramolecular Hbond substituents is 1. The number of nitriles is 1. The van der Waals surface area contributed by atoms with Crippen molar-refractivity contribution < 1.29 is 19.7 Å². The Labute approximate surface area is 156 Å². The minimum atomic E-state index is -0.836. The van der Waals surface area contributed by atoms with Crippen molar-refractivity contribution in [3.63, 3.8) is 0 Å². The van der Waals surface area contributed by atoms with Crippen LogP contribution < -0.4 is 0 Å². The number of aromatic hydroxyl groups is 1. The number of fused-ring (bicyclic) bond motifs is 1. The van der Waals surface area contributed by atoms with E-state index in [1.165, 1.54) is 12.1 Å². The zero-order valence-electron chi connectivity index (χ0n) is 13.2. The van der Waals surface area contributed by atoms with Gasteiger partial charge in [-0.15, -0.1) is 0 Å². The Hall–Kier alpha value is -3.31. The number of rotatable bonds is 4. The number of hydrogen-bond acceptors (Lipinski definition) is 6. The van der Waals surface area contributed by atoms with E-state index < -0.39 is 18.3 Å². The monoisotopic (exact) mass is 413 g/mol. The molecule has 3 N–H and O–H groups in total. The van der Waals surface area contributed by atoms with Crippen molar-refractivity contribution in [1.29, 1.82) is 5.26 Å². The average Bonchev–Trinajstić information content (AvgIpc) is 3.06. The fraction of sp³-hybridized carbons (Fsp3) is 0.0556. The lowest BCUT2D eigenvalue weighted by molar-refractivity contribution is 0.0499. The summed E-state index contributed by atoms with van der Waals surface area (Å²) in [5, 5.41) is 29.2. The number of benzene rings is 2. The molecule has 130 valence electrons. The molecule has 0 amide bonds. The minimum Gasteiger partial charge on any atom is -0.507 e.